The molecule has 1 saturated carbocycles. The maximum atomic E-state index is 12.0. The Bertz CT molecular complexity index is 557. The lowest BCUT2D eigenvalue weighted by Gasteiger charge is -2.30. The lowest BCUT2D eigenvalue weighted by Crippen LogP contribution is -2.46. The summed E-state index contributed by atoms with van der Waals surface area (Å²) in [7, 11) is 0. The number of carboxylic acid groups (broad SMARTS) is 1. The molecule has 0 atom stereocenters. The highest BCUT2D eigenvalue weighted by Crippen LogP contribution is 2.23. The second-order valence-electron chi connectivity index (χ2n) is 5.68. The zero-order chi connectivity index (χ0) is 16.7. The van der Waals surface area contributed by atoms with Gasteiger partial charge in [-0.05, 0) is 56.0 Å². The average molecular weight is 334 g/mol. The Labute approximate surface area is 140 Å². The Hall–Kier alpha value is -2.15. The first-order chi connectivity index (χ1) is 11.0. The molecule has 0 aromatic heterocycles. The van der Waals surface area contributed by atoms with E-state index in [4.69, 9.17) is 12.2 Å². The number of benzene rings is 1. The summed E-state index contributed by atoms with van der Waals surface area (Å²) in [6.07, 6.45) is 2.37. The molecule has 0 unspecified atom stereocenters. The van der Waals surface area contributed by atoms with Crippen LogP contribution in [0.3, 0.4) is 0 Å². The molecule has 1 aliphatic rings. The summed E-state index contributed by atoms with van der Waals surface area (Å²) >= 11 is 5.18. The number of thiocarbonyl (C=S) groups is 1. The Morgan fingerprint density at radius 2 is 1.78 bits per heavy atom. The molecule has 1 aromatic carbocycles. The second kappa shape index (κ2) is 8.47. The Balaban J connectivity index is 1.70. The zero-order valence-corrected chi connectivity index (χ0v) is 13.5. The Kier molecular flexibility index (Phi) is 6.34. The topological polar surface area (TPSA) is 93.3 Å². The standard InChI is InChI=1S/C16H21N3O3S/c20-14(12-4-2-1-3-5-12)19-15(23)18-13-8-6-11(7-9-13)10-17-16(21)22/h1-5,11,13,17H,6-10H2,(H,21,22)(H2,18,19,20,23)/p-1. The van der Waals surface area contributed by atoms with Crippen LogP contribution >= 0.6 is 12.2 Å². The van der Waals surface area contributed by atoms with E-state index in [1.54, 1.807) is 24.3 Å². The van der Waals surface area contributed by atoms with E-state index in [-0.39, 0.29) is 11.9 Å². The molecular weight excluding hydrogens is 314 g/mol. The maximum Gasteiger partial charge on any atom is 0.257 e. The molecule has 7 heteroatoms. The fourth-order valence-corrected chi connectivity index (χ4v) is 2.98. The van der Waals surface area contributed by atoms with Crippen molar-refractivity contribution in [1.29, 1.82) is 0 Å². The van der Waals surface area contributed by atoms with Crippen molar-refractivity contribution in [1.82, 2.24) is 16.0 Å². The highest BCUT2D eigenvalue weighted by Gasteiger charge is 2.21. The van der Waals surface area contributed by atoms with Gasteiger partial charge in [-0.3, -0.25) is 10.1 Å². The zero-order valence-electron chi connectivity index (χ0n) is 12.7. The summed E-state index contributed by atoms with van der Waals surface area (Å²) in [5.74, 6) is 0.105. The number of amides is 2. The number of hydrogen-bond acceptors (Lipinski definition) is 4. The van der Waals surface area contributed by atoms with E-state index in [2.05, 4.69) is 16.0 Å². The molecule has 1 fully saturated rings. The highest BCUT2D eigenvalue weighted by atomic mass is 32.1. The SMILES string of the molecule is O=C([O-])NCC1CCC(NC(=S)NC(=O)c2ccccc2)CC1. The van der Waals surface area contributed by atoms with Gasteiger partial charge in [0.2, 0.25) is 0 Å². The van der Waals surface area contributed by atoms with Crippen molar-refractivity contribution in [3.63, 3.8) is 0 Å². The van der Waals surface area contributed by atoms with Crippen molar-refractivity contribution in [3.05, 3.63) is 35.9 Å². The molecule has 124 valence electrons. The van der Waals surface area contributed by atoms with Gasteiger partial charge in [0, 0.05) is 18.2 Å². The van der Waals surface area contributed by atoms with Crippen LogP contribution in [0.15, 0.2) is 30.3 Å². The van der Waals surface area contributed by atoms with Crippen LogP contribution in [0.2, 0.25) is 0 Å². The number of hydrogen-bond donors (Lipinski definition) is 3. The summed E-state index contributed by atoms with van der Waals surface area (Å²) < 4.78 is 0. The number of nitrogens with one attached hydrogen (secondary N) is 3. The van der Waals surface area contributed by atoms with Crippen LogP contribution < -0.4 is 21.1 Å². The molecule has 3 N–H and O–H groups in total. The molecule has 6 nitrogen and oxygen atoms in total. The predicted molar refractivity (Wildman–Crippen MR) is 88.8 cm³/mol. The normalized spacial score (nSPS) is 20.3. The first-order valence-corrected chi connectivity index (χ1v) is 8.07. The monoisotopic (exact) mass is 334 g/mol. The summed E-state index contributed by atoms with van der Waals surface area (Å²) in [6.45, 7) is 0.435. The van der Waals surface area contributed by atoms with Gasteiger partial charge in [0.1, 0.15) is 6.09 Å². The average Bonchev–Trinajstić information content (AvgIpc) is 2.55. The summed E-state index contributed by atoms with van der Waals surface area (Å²) in [6, 6.07) is 9.11. The van der Waals surface area contributed by atoms with Crippen LogP contribution in [0, 0.1) is 5.92 Å². The Morgan fingerprint density at radius 3 is 2.39 bits per heavy atom. The highest BCUT2D eigenvalue weighted by molar-refractivity contribution is 7.80. The van der Waals surface area contributed by atoms with Gasteiger partial charge >= 0.3 is 0 Å². The van der Waals surface area contributed by atoms with E-state index in [9.17, 15) is 14.7 Å². The molecule has 2 rings (SSSR count). The van der Waals surface area contributed by atoms with E-state index in [0.717, 1.165) is 25.7 Å². The predicted octanol–water partition coefficient (Wildman–Crippen LogP) is 0.783. The van der Waals surface area contributed by atoms with Gasteiger partial charge in [-0.15, -0.1) is 0 Å². The quantitative estimate of drug-likeness (QED) is 0.708. The molecule has 2 amide bonds. The van der Waals surface area contributed by atoms with Crippen molar-refractivity contribution < 1.29 is 14.7 Å². The first-order valence-electron chi connectivity index (χ1n) is 7.66. The van der Waals surface area contributed by atoms with Crippen molar-refractivity contribution in [2.45, 2.75) is 31.7 Å². The lowest BCUT2D eigenvalue weighted by atomic mass is 9.86. The fourth-order valence-electron chi connectivity index (χ4n) is 2.72. The van der Waals surface area contributed by atoms with Crippen LogP contribution in [0.5, 0.6) is 0 Å². The second-order valence-corrected chi connectivity index (χ2v) is 6.09. The van der Waals surface area contributed by atoms with Crippen molar-refractivity contribution in [2.24, 2.45) is 5.92 Å². The van der Waals surface area contributed by atoms with Gasteiger partial charge in [0.15, 0.2) is 5.11 Å². The molecule has 0 radical (unpaired) electrons. The van der Waals surface area contributed by atoms with Crippen LogP contribution in [0.1, 0.15) is 36.0 Å². The fraction of sp³-hybridized carbons (Fsp3) is 0.438. The van der Waals surface area contributed by atoms with E-state index in [1.165, 1.54) is 0 Å². The van der Waals surface area contributed by atoms with Crippen LogP contribution in [0.25, 0.3) is 0 Å². The molecular formula is C16H20N3O3S-. The molecule has 0 bridgehead atoms. The van der Waals surface area contributed by atoms with Crippen LogP contribution in [-0.4, -0.2) is 29.7 Å². The summed E-state index contributed by atoms with van der Waals surface area (Å²) in [5.41, 5.74) is 0.564. The van der Waals surface area contributed by atoms with Crippen molar-refractivity contribution in [3.8, 4) is 0 Å². The van der Waals surface area contributed by atoms with E-state index in [0.29, 0.717) is 23.1 Å². The minimum absolute atomic E-state index is 0.206. The van der Waals surface area contributed by atoms with Gasteiger partial charge in [-0.2, -0.15) is 0 Å². The third kappa shape index (κ3) is 5.86. The largest absolute Gasteiger partial charge is 0.530 e. The number of carbonyl (C=O) groups excluding carboxylic acids is 2. The molecule has 23 heavy (non-hydrogen) atoms. The Morgan fingerprint density at radius 1 is 1.13 bits per heavy atom. The van der Waals surface area contributed by atoms with E-state index >= 15 is 0 Å². The van der Waals surface area contributed by atoms with Gasteiger partial charge in [0.25, 0.3) is 5.91 Å². The molecule has 0 aliphatic heterocycles. The summed E-state index contributed by atoms with van der Waals surface area (Å²) in [5, 5.41) is 18.9. The van der Waals surface area contributed by atoms with Gasteiger partial charge < -0.3 is 20.5 Å². The van der Waals surface area contributed by atoms with Crippen LogP contribution in [-0.2, 0) is 0 Å². The van der Waals surface area contributed by atoms with Crippen molar-refractivity contribution >= 4 is 29.3 Å². The molecule has 0 heterocycles. The van der Waals surface area contributed by atoms with E-state index < -0.39 is 6.09 Å². The third-order valence-electron chi connectivity index (χ3n) is 3.98. The number of rotatable bonds is 4. The van der Waals surface area contributed by atoms with E-state index in [1.807, 2.05) is 6.07 Å². The number of carbonyl (C=O) groups is 2. The molecule has 1 aromatic rings. The van der Waals surface area contributed by atoms with Gasteiger partial charge in [-0.25, -0.2) is 0 Å². The summed E-state index contributed by atoms with van der Waals surface area (Å²) in [4.78, 5) is 22.4. The van der Waals surface area contributed by atoms with Crippen LogP contribution in [0.4, 0.5) is 4.79 Å². The minimum atomic E-state index is -1.23. The lowest BCUT2D eigenvalue weighted by molar-refractivity contribution is -0.251. The molecule has 1 aliphatic carbocycles. The maximum absolute atomic E-state index is 12.0. The minimum Gasteiger partial charge on any atom is -0.530 e. The smallest absolute Gasteiger partial charge is 0.257 e. The first kappa shape index (κ1) is 17.2. The van der Waals surface area contributed by atoms with Crippen molar-refractivity contribution in [2.75, 3.05) is 6.54 Å². The third-order valence-corrected chi connectivity index (χ3v) is 4.20. The molecule has 0 spiro atoms. The molecule has 0 saturated heterocycles. The van der Waals surface area contributed by atoms with Gasteiger partial charge in [0.05, 0.1) is 0 Å². The van der Waals surface area contributed by atoms with Gasteiger partial charge in [-0.1, -0.05) is 18.2 Å².